The number of aryl methyl sites for hydroxylation is 2. The number of amides is 2. The first kappa shape index (κ1) is 15.8. The van der Waals surface area contributed by atoms with Gasteiger partial charge in [0.1, 0.15) is 0 Å². The molecule has 116 valence electrons. The molecule has 21 heavy (non-hydrogen) atoms. The van der Waals surface area contributed by atoms with Crippen molar-refractivity contribution in [1.82, 2.24) is 10.2 Å². The van der Waals surface area contributed by atoms with Crippen LogP contribution in [0.15, 0.2) is 18.2 Å². The van der Waals surface area contributed by atoms with Crippen molar-refractivity contribution < 1.29 is 13.2 Å². The molecule has 0 bridgehead atoms. The first-order valence-electron chi connectivity index (χ1n) is 7.11. The van der Waals surface area contributed by atoms with Gasteiger partial charge in [-0.05, 0) is 31.9 Å². The summed E-state index contributed by atoms with van der Waals surface area (Å²) in [5.74, 6) is 0.108. The molecule has 0 spiro atoms. The SMILES string of the molecule is Cc1ccc(C)c([C@@H](C)NC(=O)N2CCS(=O)(=O)CC2)c1. The molecule has 1 N–H and O–H groups in total. The van der Waals surface area contributed by atoms with Crippen LogP contribution in [0.5, 0.6) is 0 Å². The van der Waals surface area contributed by atoms with Crippen molar-refractivity contribution in [3.05, 3.63) is 34.9 Å². The molecule has 0 radical (unpaired) electrons. The molecule has 0 aromatic heterocycles. The summed E-state index contributed by atoms with van der Waals surface area (Å²) >= 11 is 0. The molecule has 0 saturated carbocycles. The molecule has 5 nitrogen and oxygen atoms in total. The highest BCUT2D eigenvalue weighted by atomic mass is 32.2. The lowest BCUT2D eigenvalue weighted by atomic mass is 10.0. The molecule has 0 unspecified atom stereocenters. The van der Waals surface area contributed by atoms with Crippen molar-refractivity contribution >= 4 is 15.9 Å². The van der Waals surface area contributed by atoms with Gasteiger partial charge in [-0.25, -0.2) is 13.2 Å². The maximum Gasteiger partial charge on any atom is 0.317 e. The average molecular weight is 310 g/mol. The van der Waals surface area contributed by atoms with Crippen LogP contribution in [0.4, 0.5) is 4.79 Å². The molecule has 1 saturated heterocycles. The van der Waals surface area contributed by atoms with Crippen LogP contribution in [-0.2, 0) is 9.84 Å². The van der Waals surface area contributed by atoms with Crippen molar-refractivity contribution in [1.29, 1.82) is 0 Å². The van der Waals surface area contributed by atoms with Gasteiger partial charge in [0, 0.05) is 13.1 Å². The minimum absolute atomic E-state index is 0.0538. The van der Waals surface area contributed by atoms with Crippen LogP contribution in [0.25, 0.3) is 0 Å². The fourth-order valence-corrected chi connectivity index (χ4v) is 3.70. The highest BCUT2D eigenvalue weighted by Gasteiger charge is 2.25. The lowest BCUT2D eigenvalue weighted by Crippen LogP contribution is -2.48. The number of hydrogen-bond donors (Lipinski definition) is 1. The zero-order valence-electron chi connectivity index (χ0n) is 12.7. The van der Waals surface area contributed by atoms with E-state index in [1.165, 1.54) is 0 Å². The number of carbonyl (C=O) groups excluding carboxylic acids is 1. The van der Waals surface area contributed by atoms with Gasteiger partial charge in [-0.1, -0.05) is 23.8 Å². The molecule has 0 aliphatic carbocycles. The van der Waals surface area contributed by atoms with Crippen LogP contribution in [0.2, 0.25) is 0 Å². The zero-order chi connectivity index (χ0) is 15.6. The molecular formula is C15H22N2O3S. The molecule has 1 aromatic rings. The van der Waals surface area contributed by atoms with Crippen molar-refractivity contribution in [2.24, 2.45) is 0 Å². The predicted molar refractivity (Wildman–Crippen MR) is 83.1 cm³/mol. The Labute approximate surface area is 126 Å². The van der Waals surface area contributed by atoms with Crippen molar-refractivity contribution in [3.63, 3.8) is 0 Å². The molecule has 1 atom stereocenters. The molecular weight excluding hydrogens is 288 g/mol. The van der Waals surface area contributed by atoms with E-state index in [1.54, 1.807) is 4.90 Å². The van der Waals surface area contributed by atoms with E-state index in [2.05, 4.69) is 11.4 Å². The number of nitrogens with one attached hydrogen (secondary N) is 1. The lowest BCUT2D eigenvalue weighted by molar-refractivity contribution is 0.199. The third kappa shape index (κ3) is 3.97. The summed E-state index contributed by atoms with van der Waals surface area (Å²) in [5, 5.41) is 2.95. The average Bonchev–Trinajstić information content (AvgIpc) is 2.41. The lowest BCUT2D eigenvalue weighted by Gasteiger charge is -2.28. The third-order valence-electron chi connectivity index (χ3n) is 3.87. The fourth-order valence-electron chi connectivity index (χ4n) is 2.50. The standard InChI is InChI=1S/C15H22N2O3S/c1-11-4-5-12(2)14(10-11)13(3)16-15(18)17-6-8-21(19,20)9-7-17/h4-5,10,13H,6-9H2,1-3H3,(H,16,18)/t13-/m1/s1. The minimum atomic E-state index is -2.96. The first-order chi connectivity index (χ1) is 9.78. The van der Waals surface area contributed by atoms with Crippen LogP contribution >= 0.6 is 0 Å². The maximum absolute atomic E-state index is 12.2. The predicted octanol–water partition coefficient (Wildman–Crippen LogP) is 1.80. The monoisotopic (exact) mass is 310 g/mol. The number of nitrogens with zero attached hydrogens (tertiary/aromatic N) is 1. The summed E-state index contributed by atoms with van der Waals surface area (Å²) in [6.45, 7) is 6.53. The van der Waals surface area contributed by atoms with Gasteiger partial charge in [-0.2, -0.15) is 0 Å². The molecule has 6 heteroatoms. The van der Waals surface area contributed by atoms with Gasteiger partial charge in [0.2, 0.25) is 0 Å². The Morgan fingerprint density at radius 2 is 1.86 bits per heavy atom. The second-order valence-electron chi connectivity index (χ2n) is 5.67. The zero-order valence-corrected chi connectivity index (χ0v) is 13.5. The smallest absolute Gasteiger partial charge is 0.317 e. The van der Waals surface area contributed by atoms with E-state index in [0.717, 1.165) is 16.7 Å². The molecule has 2 amide bonds. The number of sulfone groups is 1. The van der Waals surface area contributed by atoms with Crippen LogP contribution in [0, 0.1) is 13.8 Å². The number of benzene rings is 1. The van der Waals surface area contributed by atoms with E-state index in [0.29, 0.717) is 0 Å². The summed E-state index contributed by atoms with van der Waals surface area (Å²) < 4.78 is 22.8. The molecule has 1 heterocycles. The topological polar surface area (TPSA) is 66.5 Å². The van der Waals surface area contributed by atoms with E-state index >= 15 is 0 Å². The Kier molecular flexibility index (Phi) is 4.56. The van der Waals surface area contributed by atoms with Gasteiger partial charge in [0.15, 0.2) is 9.84 Å². The third-order valence-corrected chi connectivity index (χ3v) is 5.48. The molecule has 1 aliphatic rings. The second-order valence-corrected chi connectivity index (χ2v) is 7.97. The number of carbonyl (C=O) groups is 1. The van der Waals surface area contributed by atoms with Crippen molar-refractivity contribution in [3.8, 4) is 0 Å². The van der Waals surface area contributed by atoms with Gasteiger partial charge >= 0.3 is 6.03 Å². The minimum Gasteiger partial charge on any atom is -0.331 e. The van der Waals surface area contributed by atoms with Gasteiger partial charge in [-0.15, -0.1) is 0 Å². The van der Waals surface area contributed by atoms with Crippen LogP contribution < -0.4 is 5.32 Å². The summed E-state index contributed by atoms with van der Waals surface area (Å²) in [7, 11) is -2.96. The molecule has 1 aromatic carbocycles. The maximum atomic E-state index is 12.2. The van der Waals surface area contributed by atoms with E-state index < -0.39 is 9.84 Å². The van der Waals surface area contributed by atoms with Crippen LogP contribution in [0.3, 0.4) is 0 Å². The highest BCUT2D eigenvalue weighted by molar-refractivity contribution is 7.91. The molecule has 2 rings (SSSR count). The van der Waals surface area contributed by atoms with E-state index in [1.807, 2.05) is 32.9 Å². The van der Waals surface area contributed by atoms with E-state index in [-0.39, 0.29) is 36.7 Å². The Bertz CT molecular complexity index is 626. The summed E-state index contributed by atoms with van der Waals surface area (Å²) in [5.41, 5.74) is 3.38. The van der Waals surface area contributed by atoms with Crippen molar-refractivity contribution in [2.45, 2.75) is 26.8 Å². The Hall–Kier alpha value is -1.56. The van der Waals surface area contributed by atoms with Gasteiger partial charge in [0.05, 0.1) is 17.5 Å². The highest BCUT2D eigenvalue weighted by Crippen LogP contribution is 2.19. The summed E-state index contributed by atoms with van der Waals surface area (Å²) in [6, 6.07) is 5.86. The number of hydrogen-bond acceptors (Lipinski definition) is 3. The Morgan fingerprint density at radius 3 is 2.48 bits per heavy atom. The fraction of sp³-hybridized carbons (Fsp3) is 0.533. The van der Waals surface area contributed by atoms with Gasteiger partial charge in [-0.3, -0.25) is 0 Å². The Balaban J connectivity index is 2.01. The molecule has 1 aliphatic heterocycles. The Morgan fingerprint density at radius 1 is 1.24 bits per heavy atom. The van der Waals surface area contributed by atoms with Crippen molar-refractivity contribution in [2.75, 3.05) is 24.6 Å². The quantitative estimate of drug-likeness (QED) is 0.906. The van der Waals surface area contributed by atoms with Gasteiger partial charge < -0.3 is 10.2 Å². The normalized spacial score (nSPS) is 19.1. The second kappa shape index (κ2) is 6.05. The summed E-state index contributed by atoms with van der Waals surface area (Å²) in [4.78, 5) is 13.8. The van der Waals surface area contributed by atoms with Crippen LogP contribution in [0.1, 0.15) is 29.7 Å². The number of rotatable bonds is 2. The largest absolute Gasteiger partial charge is 0.331 e. The van der Waals surface area contributed by atoms with E-state index in [4.69, 9.17) is 0 Å². The molecule has 1 fully saturated rings. The van der Waals surface area contributed by atoms with Crippen LogP contribution in [-0.4, -0.2) is 43.9 Å². The number of urea groups is 1. The van der Waals surface area contributed by atoms with Gasteiger partial charge in [0.25, 0.3) is 0 Å². The first-order valence-corrected chi connectivity index (χ1v) is 8.93. The summed E-state index contributed by atoms with van der Waals surface area (Å²) in [6.07, 6.45) is 0. The van der Waals surface area contributed by atoms with E-state index in [9.17, 15) is 13.2 Å².